The van der Waals surface area contributed by atoms with Crippen LogP contribution in [0.3, 0.4) is 0 Å². The predicted molar refractivity (Wildman–Crippen MR) is 71.7 cm³/mol. The molecule has 0 N–H and O–H groups in total. The maximum absolute atomic E-state index is 11.2. The lowest BCUT2D eigenvalue weighted by atomic mass is 9.79. The molecule has 16 heavy (non-hydrogen) atoms. The molecule has 1 aliphatic carbocycles. The van der Waals surface area contributed by atoms with E-state index in [1.54, 1.807) is 0 Å². The van der Waals surface area contributed by atoms with Crippen LogP contribution in [0.4, 0.5) is 0 Å². The van der Waals surface area contributed by atoms with E-state index in [-0.39, 0.29) is 10.9 Å². The molecule has 4 heteroatoms. The van der Waals surface area contributed by atoms with Crippen molar-refractivity contribution in [2.75, 3.05) is 0 Å². The van der Waals surface area contributed by atoms with Crippen molar-refractivity contribution in [2.24, 2.45) is 11.8 Å². The topological polar surface area (TPSA) is 26.3 Å². The van der Waals surface area contributed by atoms with Gasteiger partial charge in [-0.1, -0.05) is 45.7 Å². The van der Waals surface area contributed by atoms with Crippen LogP contribution in [0.2, 0.25) is 0 Å². The Kier molecular flexibility index (Phi) is 5.33. The van der Waals surface area contributed by atoms with Crippen LogP contribution in [0.1, 0.15) is 26.7 Å². The molecular formula is C12H16Br2O2. The van der Waals surface area contributed by atoms with Crippen LogP contribution in [0.15, 0.2) is 0 Å². The molecule has 1 saturated carbocycles. The number of hydrogen-bond donors (Lipinski definition) is 0. The van der Waals surface area contributed by atoms with Crippen LogP contribution in [0.5, 0.6) is 0 Å². The molecule has 0 aromatic rings. The van der Waals surface area contributed by atoms with Crippen molar-refractivity contribution in [1.82, 2.24) is 0 Å². The second kappa shape index (κ2) is 6.07. The van der Waals surface area contributed by atoms with Crippen molar-refractivity contribution in [3.8, 4) is 12.3 Å². The largest absolute Gasteiger partial charge is 0.451 e. The van der Waals surface area contributed by atoms with Gasteiger partial charge in [-0.3, -0.25) is 0 Å². The normalized spacial score (nSPS) is 34.5. The molecule has 2 nitrogen and oxygen atoms in total. The number of carbonyl (C=O) groups excluding carboxylic acids is 1. The highest BCUT2D eigenvalue weighted by molar-refractivity contribution is 9.10. The number of terminal acetylenes is 1. The molecule has 0 radical (unpaired) electrons. The number of halogens is 2. The third-order valence-corrected chi connectivity index (χ3v) is 4.65. The Morgan fingerprint density at radius 3 is 2.56 bits per heavy atom. The van der Waals surface area contributed by atoms with E-state index in [1.165, 1.54) is 0 Å². The predicted octanol–water partition coefficient (Wildman–Crippen LogP) is 3.12. The van der Waals surface area contributed by atoms with Crippen molar-refractivity contribution in [2.45, 2.75) is 42.4 Å². The van der Waals surface area contributed by atoms with Gasteiger partial charge in [0.25, 0.3) is 0 Å². The van der Waals surface area contributed by atoms with Gasteiger partial charge in [-0.2, -0.15) is 0 Å². The van der Waals surface area contributed by atoms with Gasteiger partial charge >= 0.3 is 5.97 Å². The summed E-state index contributed by atoms with van der Waals surface area (Å²) in [6.07, 6.45) is 6.89. The van der Waals surface area contributed by atoms with Crippen LogP contribution in [-0.2, 0) is 9.53 Å². The Balaban J connectivity index is 2.76. The monoisotopic (exact) mass is 350 g/mol. The third-order valence-electron chi connectivity index (χ3n) is 3.00. The van der Waals surface area contributed by atoms with E-state index in [0.717, 1.165) is 12.8 Å². The standard InChI is InChI=1S/C12H16Br2O2/c1-4-11(15)16-12-9(7(2)3)5-8(13)6-10(12)14/h1,7-10,12H,5-6H2,2-3H3. The second-order valence-electron chi connectivity index (χ2n) is 4.51. The molecule has 1 rings (SSSR count). The van der Waals surface area contributed by atoms with E-state index >= 15 is 0 Å². The van der Waals surface area contributed by atoms with Crippen LogP contribution >= 0.6 is 31.9 Å². The maximum Gasteiger partial charge on any atom is 0.384 e. The molecule has 1 aliphatic rings. The molecule has 0 heterocycles. The van der Waals surface area contributed by atoms with E-state index in [9.17, 15) is 4.79 Å². The average molecular weight is 352 g/mol. The minimum Gasteiger partial charge on any atom is -0.451 e. The molecular weight excluding hydrogens is 336 g/mol. The smallest absolute Gasteiger partial charge is 0.384 e. The van der Waals surface area contributed by atoms with E-state index < -0.39 is 5.97 Å². The van der Waals surface area contributed by atoms with E-state index in [4.69, 9.17) is 11.2 Å². The molecule has 4 atom stereocenters. The van der Waals surface area contributed by atoms with Gasteiger partial charge in [0.05, 0.1) is 4.83 Å². The summed E-state index contributed by atoms with van der Waals surface area (Å²) in [5, 5.41) is 0. The second-order valence-corrected chi connectivity index (χ2v) is 6.98. The SMILES string of the molecule is C#CC(=O)OC1C(Br)CC(Br)CC1C(C)C. The van der Waals surface area contributed by atoms with Gasteiger partial charge in [0, 0.05) is 16.7 Å². The number of rotatable bonds is 2. The van der Waals surface area contributed by atoms with Gasteiger partial charge in [0.2, 0.25) is 0 Å². The van der Waals surface area contributed by atoms with Gasteiger partial charge in [-0.25, -0.2) is 4.79 Å². The third kappa shape index (κ3) is 3.49. The summed E-state index contributed by atoms with van der Waals surface area (Å²) in [5.41, 5.74) is 0. The zero-order chi connectivity index (χ0) is 12.3. The zero-order valence-electron chi connectivity index (χ0n) is 9.45. The Labute approximate surface area is 114 Å². The average Bonchev–Trinajstić information content (AvgIpc) is 2.20. The first kappa shape index (κ1) is 14.1. The molecule has 0 aromatic heterocycles. The first-order valence-electron chi connectivity index (χ1n) is 5.41. The highest BCUT2D eigenvalue weighted by atomic mass is 79.9. The van der Waals surface area contributed by atoms with Crippen LogP contribution in [-0.4, -0.2) is 21.7 Å². The Morgan fingerprint density at radius 1 is 1.44 bits per heavy atom. The lowest BCUT2D eigenvalue weighted by molar-refractivity contribution is -0.146. The first-order valence-corrected chi connectivity index (χ1v) is 7.24. The van der Waals surface area contributed by atoms with Crippen molar-refractivity contribution >= 4 is 37.8 Å². The molecule has 0 spiro atoms. The molecule has 90 valence electrons. The molecule has 4 unspecified atom stereocenters. The Bertz CT molecular complexity index is 296. The molecule has 0 aromatic carbocycles. The van der Waals surface area contributed by atoms with Crippen molar-refractivity contribution in [1.29, 1.82) is 0 Å². The fourth-order valence-corrected chi connectivity index (χ4v) is 4.43. The Morgan fingerprint density at radius 2 is 2.06 bits per heavy atom. The van der Waals surface area contributed by atoms with Crippen LogP contribution in [0, 0.1) is 24.2 Å². The van der Waals surface area contributed by atoms with Gasteiger partial charge in [-0.15, -0.1) is 6.42 Å². The zero-order valence-corrected chi connectivity index (χ0v) is 12.6. The minimum absolute atomic E-state index is 0.114. The summed E-state index contributed by atoms with van der Waals surface area (Å²) in [6, 6.07) is 0. The van der Waals surface area contributed by atoms with Gasteiger partial charge in [0.1, 0.15) is 6.10 Å². The van der Waals surface area contributed by atoms with E-state index in [2.05, 4.69) is 45.7 Å². The maximum atomic E-state index is 11.2. The highest BCUT2D eigenvalue weighted by Crippen LogP contribution is 2.38. The number of alkyl halides is 2. The molecule has 0 bridgehead atoms. The Hall–Kier alpha value is -0.0100. The summed E-state index contributed by atoms with van der Waals surface area (Å²) >= 11 is 7.22. The summed E-state index contributed by atoms with van der Waals surface area (Å²) in [6.45, 7) is 4.29. The van der Waals surface area contributed by atoms with Crippen molar-refractivity contribution < 1.29 is 9.53 Å². The van der Waals surface area contributed by atoms with Gasteiger partial charge < -0.3 is 4.74 Å². The number of esters is 1. The lowest BCUT2D eigenvalue weighted by Crippen LogP contribution is -2.43. The summed E-state index contributed by atoms with van der Waals surface area (Å²) in [4.78, 5) is 11.8. The number of carbonyl (C=O) groups is 1. The van der Waals surface area contributed by atoms with Crippen molar-refractivity contribution in [3.63, 3.8) is 0 Å². The highest BCUT2D eigenvalue weighted by Gasteiger charge is 2.39. The summed E-state index contributed by atoms with van der Waals surface area (Å²) in [5.74, 6) is 2.26. The lowest BCUT2D eigenvalue weighted by Gasteiger charge is -2.39. The molecule has 0 amide bonds. The number of ether oxygens (including phenoxy) is 1. The first-order chi connectivity index (χ1) is 7.45. The van der Waals surface area contributed by atoms with Crippen LogP contribution in [0.25, 0.3) is 0 Å². The van der Waals surface area contributed by atoms with Gasteiger partial charge in [-0.05, 0) is 18.8 Å². The van der Waals surface area contributed by atoms with E-state index in [1.807, 2.05) is 5.92 Å². The molecule has 0 saturated heterocycles. The number of hydrogen-bond acceptors (Lipinski definition) is 2. The van der Waals surface area contributed by atoms with E-state index in [0.29, 0.717) is 16.7 Å². The molecule has 1 fully saturated rings. The van der Waals surface area contributed by atoms with Gasteiger partial charge in [0.15, 0.2) is 0 Å². The minimum atomic E-state index is -0.562. The van der Waals surface area contributed by atoms with Crippen molar-refractivity contribution in [3.05, 3.63) is 0 Å². The fourth-order valence-electron chi connectivity index (χ4n) is 2.14. The fraction of sp³-hybridized carbons (Fsp3) is 0.750. The quantitative estimate of drug-likeness (QED) is 0.330. The summed E-state index contributed by atoms with van der Waals surface area (Å²) in [7, 11) is 0. The molecule has 0 aliphatic heterocycles. The van der Waals surface area contributed by atoms with Crippen LogP contribution < -0.4 is 0 Å². The summed E-state index contributed by atoms with van der Waals surface area (Å²) < 4.78 is 5.33.